The summed E-state index contributed by atoms with van der Waals surface area (Å²) in [5.41, 5.74) is 3.44. The van der Waals surface area contributed by atoms with E-state index < -0.39 is 0 Å². The Hall–Kier alpha value is -1.53. The summed E-state index contributed by atoms with van der Waals surface area (Å²) in [5.74, 6) is 0.861. The van der Waals surface area contributed by atoms with Crippen LogP contribution in [-0.4, -0.2) is 15.3 Å². The largest absolute Gasteiger partial charge is 0.313 e. The van der Waals surface area contributed by atoms with Crippen LogP contribution in [0.3, 0.4) is 0 Å². The van der Waals surface area contributed by atoms with Gasteiger partial charge in [-0.2, -0.15) is 4.37 Å². The van der Waals surface area contributed by atoms with E-state index in [-0.39, 0.29) is 5.91 Å². The molecule has 4 rings (SSSR count). The van der Waals surface area contributed by atoms with Crippen molar-refractivity contribution in [3.63, 3.8) is 0 Å². The Labute approximate surface area is 143 Å². The second-order valence-electron chi connectivity index (χ2n) is 6.14. The van der Waals surface area contributed by atoms with Crippen LogP contribution in [0.25, 0.3) is 10.6 Å². The van der Waals surface area contributed by atoms with Crippen molar-refractivity contribution < 1.29 is 4.79 Å². The lowest BCUT2D eigenvalue weighted by Gasteiger charge is -2.11. The Morgan fingerprint density at radius 3 is 2.83 bits per heavy atom. The summed E-state index contributed by atoms with van der Waals surface area (Å²) in [6, 6.07) is 0. The molecular formula is C17H19N3OS2. The van der Waals surface area contributed by atoms with Crippen molar-refractivity contribution in [3.05, 3.63) is 27.9 Å². The van der Waals surface area contributed by atoms with Crippen molar-refractivity contribution >= 4 is 33.8 Å². The molecule has 0 bridgehead atoms. The summed E-state index contributed by atoms with van der Waals surface area (Å²) in [6.45, 7) is 1.92. The van der Waals surface area contributed by atoms with Crippen LogP contribution in [0, 0.1) is 6.92 Å². The number of carbonyl (C=O) groups is 1. The molecule has 0 aromatic carbocycles. The van der Waals surface area contributed by atoms with Gasteiger partial charge in [-0.25, -0.2) is 4.98 Å². The van der Waals surface area contributed by atoms with E-state index in [4.69, 9.17) is 0 Å². The number of hydrogen-bond acceptors (Lipinski definition) is 5. The van der Waals surface area contributed by atoms with Gasteiger partial charge < -0.3 is 5.32 Å². The molecule has 0 spiro atoms. The van der Waals surface area contributed by atoms with Gasteiger partial charge >= 0.3 is 0 Å². The molecule has 2 aromatic rings. The maximum atomic E-state index is 12.5. The molecule has 2 heterocycles. The minimum absolute atomic E-state index is 0.0589. The van der Waals surface area contributed by atoms with Crippen LogP contribution in [0.2, 0.25) is 0 Å². The number of rotatable bonds is 3. The van der Waals surface area contributed by atoms with Gasteiger partial charge in [-0.15, -0.1) is 11.3 Å². The van der Waals surface area contributed by atoms with Gasteiger partial charge in [0.1, 0.15) is 15.8 Å². The highest BCUT2D eigenvalue weighted by molar-refractivity contribution is 7.18. The Morgan fingerprint density at radius 1 is 1.22 bits per heavy atom. The highest BCUT2D eigenvalue weighted by Gasteiger charge is 2.26. The van der Waals surface area contributed by atoms with E-state index in [1.165, 1.54) is 34.8 Å². The monoisotopic (exact) mass is 345 g/mol. The zero-order chi connectivity index (χ0) is 15.8. The first-order valence-electron chi connectivity index (χ1n) is 8.18. The number of thiophene rings is 1. The van der Waals surface area contributed by atoms with E-state index in [0.29, 0.717) is 0 Å². The molecule has 2 aliphatic carbocycles. The van der Waals surface area contributed by atoms with Gasteiger partial charge in [-0.1, -0.05) is 6.08 Å². The number of hydrogen-bond donors (Lipinski definition) is 1. The fourth-order valence-corrected chi connectivity index (χ4v) is 5.44. The third-order valence-corrected chi connectivity index (χ3v) is 6.50. The van der Waals surface area contributed by atoms with Crippen LogP contribution in [0.1, 0.15) is 48.4 Å². The topological polar surface area (TPSA) is 54.9 Å². The minimum atomic E-state index is 0.0589. The summed E-state index contributed by atoms with van der Waals surface area (Å²) in [7, 11) is 0. The van der Waals surface area contributed by atoms with E-state index in [0.717, 1.165) is 59.1 Å². The molecule has 0 atom stereocenters. The molecule has 0 aliphatic heterocycles. The van der Waals surface area contributed by atoms with E-state index in [2.05, 4.69) is 20.8 Å². The fraction of sp³-hybridized carbons (Fsp3) is 0.471. The summed E-state index contributed by atoms with van der Waals surface area (Å²) in [5, 5.41) is 5.07. The lowest BCUT2D eigenvalue weighted by molar-refractivity contribution is -0.112. The molecule has 0 radical (unpaired) electrons. The highest BCUT2D eigenvalue weighted by Crippen LogP contribution is 2.44. The second-order valence-corrected chi connectivity index (χ2v) is 7.99. The quantitative estimate of drug-likeness (QED) is 0.891. The fourth-order valence-electron chi connectivity index (χ4n) is 3.34. The Morgan fingerprint density at radius 2 is 2.09 bits per heavy atom. The van der Waals surface area contributed by atoms with Gasteiger partial charge in [-0.05, 0) is 69.0 Å². The molecule has 1 N–H and O–H groups in total. The number of carbonyl (C=O) groups excluding carboxylic acids is 1. The molecule has 0 saturated carbocycles. The zero-order valence-corrected chi connectivity index (χ0v) is 14.8. The Bertz CT molecular complexity index is 788. The van der Waals surface area contributed by atoms with Crippen molar-refractivity contribution in [2.45, 2.75) is 51.9 Å². The maximum Gasteiger partial charge on any atom is 0.251 e. The van der Waals surface area contributed by atoms with Crippen molar-refractivity contribution in [2.24, 2.45) is 0 Å². The molecule has 1 amide bonds. The highest BCUT2D eigenvalue weighted by atomic mass is 32.1. The van der Waals surface area contributed by atoms with Gasteiger partial charge in [0.15, 0.2) is 0 Å². The molecule has 4 nitrogen and oxygen atoms in total. The van der Waals surface area contributed by atoms with Gasteiger partial charge in [0.2, 0.25) is 0 Å². The van der Waals surface area contributed by atoms with Crippen molar-refractivity contribution in [1.29, 1.82) is 0 Å². The summed E-state index contributed by atoms with van der Waals surface area (Å²) < 4.78 is 4.33. The summed E-state index contributed by atoms with van der Waals surface area (Å²) >= 11 is 3.17. The number of allylic oxidation sites excluding steroid dienone is 1. The molecular weight excluding hydrogens is 326 g/mol. The van der Waals surface area contributed by atoms with Crippen LogP contribution in [0.4, 0.5) is 5.00 Å². The van der Waals surface area contributed by atoms with Crippen molar-refractivity contribution in [3.8, 4) is 10.6 Å². The lowest BCUT2D eigenvalue weighted by Crippen LogP contribution is -2.13. The van der Waals surface area contributed by atoms with Gasteiger partial charge in [0, 0.05) is 10.5 Å². The summed E-state index contributed by atoms with van der Waals surface area (Å²) in [6.07, 6.45) is 9.72. The van der Waals surface area contributed by atoms with Gasteiger partial charge in [0.25, 0.3) is 5.91 Å². The zero-order valence-electron chi connectivity index (χ0n) is 13.1. The molecule has 2 aromatic heterocycles. The number of fused-ring (bicyclic) bond motifs is 1. The first kappa shape index (κ1) is 15.0. The average Bonchev–Trinajstić information content (AvgIpc) is 3.25. The summed E-state index contributed by atoms with van der Waals surface area (Å²) in [4.78, 5) is 18.5. The molecule has 120 valence electrons. The lowest BCUT2D eigenvalue weighted by atomic mass is 9.95. The van der Waals surface area contributed by atoms with Crippen LogP contribution < -0.4 is 5.32 Å². The number of aromatic nitrogens is 2. The first-order chi connectivity index (χ1) is 11.2. The number of nitrogens with zero attached hydrogens (tertiary/aromatic N) is 2. The number of amides is 1. The van der Waals surface area contributed by atoms with Crippen LogP contribution in [0.15, 0.2) is 11.6 Å². The van der Waals surface area contributed by atoms with Gasteiger partial charge in [0.05, 0.1) is 5.56 Å². The SMILES string of the molecule is Cc1nsc(-c2c(NC(=O)C3=CCCC3)sc3c2CCCC3)n1. The number of aryl methyl sites for hydroxylation is 2. The van der Waals surface area contributed by atoms with E-state index in [9.17, 15) is 4.79 Å². The first-order valence-corrected chi connectivity index (χ1v) is 9.77. The minimum Gasteiger partial charge on any atom is -0.313 e. The smallest absolute Gasteiger partial charge is 0.251 e. The third-order valence-electron chi connectivity index (χ3n) is 4.47. The Kier molecular flexibility index (Phi) is 4.03. The number of anilines is 1. The second kappa shape index (κ2) is 6.17. The van der Waals surface area contributed by atoms with Crippen LogP contribution in [-0.2, 0) is 17.6 Å². The Balaban J connectivity index is 1.73. The van der Waals surface area contributed by atoms with Crippen LogP contribution in [0.5, 0.6) is 0 Å². The molecule has 0 unspecified atom stereocenters. The predicted octanol–water partition coefficient (Wildman–Crippen LogP) is 4.50. The maximum absolute atomic E-state index is 12.5. The molecule has 6 heteroatoms. The molecule has 2 aliphatic rings. The normalized spacial score (nSPS) is 17.0. The van der Waals surface area contributed by atoms with Crippen LogP contribution >= 0.6 is 22.9 Å². The van der Waals surface area contributed by atoms with E-state index in [1.807, 2.05) is 6.92 Å². The van der Waals surface area contributed by atoms with E-state index in [1.54, 1.807) is 11.3 Å². The predicted molar refractivity (Wildman–Crippen MR) is 95.2 cm³/mol. The standard InChI is InChI=1S/C17H19N3OS2/c1-10-18-17(23-20-10)14-12-8-4-5-9-13(12)22-16(14)19-15(21)11-6-2-3-7-11/h6H,2-5,7-9H2,1H3,(H,19,21). The average molecular weight is 345 g/mol. The third kappa shape index (κ3) is 2.85. The van der Waals surface area contributed by atoms with E-state index >= 15 is 0 Å². The van der Waals surface area contributed by atoms with Crippen molar-refractivity contribution in [2.75, 3.05) is 5.32 Å². The van der Waals surface area contributed by atoms with Gasteiger partial charge in [-0.3, -0.25) is 4.79 Å². The number of nitrogens with one attached hydrogen (secondary N) is 1. The van der Waals surface area contributed by atoms with Crippen molar-refractivity contribution in [1.82, 2.24) is 9.36 Å². The molecule has 0 saturated heterocycles. The molecule has 23 heavy (non-hydrogen) atoms. The molecule has 0 fully saturated rings.